The van der Waals surface area contributed by atoms with Crippen LogP contribution in [-0.4, -0.2) is 30.5 Å². The molecule has 20 heavy (non-hydrogen) atoms. The Morgan fingerprint density at radius 1 is 1.35 bits per heavy atom. The number of hydrogen-bond donors (Lipinski definition) is 0. The molecule has 0 N–H and O–H groups in total. The van der Waals surface area contributed by atoms with E-state index in [1.54, 1.807) is 4.90 Å². The van der Waals surface area contributed by atoms with Crippen molar-refractivity contribution in [3.63, 3.8) is 0 Å². The summed E-state index contributed by atoms with van der Waals surface area (Å²) in [5, 5.41) is 9.09. The molecule has 0 spiro atoms. The van der Waals surface area contributed by atoms with Crippen LogP contribution in [0.5, 0.6) is 5.75 Å². The van der Waals surface area contributed by atoms with Crippen molar-refractivity contribution in [3.8, 4) is 11.8 Å². The maximum absolute atomic E-state index is 12.7. The van der Waals surface area contributed by atoms with Crippen molar-refractivity contribution in [1.29, 1.82) is 5.26 Å². The molecule has 5 heteroatoms. The van der Waals surface area contributed by atoms with Crippen LogP contribution in [0.2, 0.25) is 0 Å². The Balaban J connectivity index is 1.80. The van der Waals surface area contributed by atoms with Crippen LogP contribution in [0.1, 0.15) is 19.3 Å². The molecule has 1 fully saturated rings. The van der Waals surface area contributed by atoms with Gasteiger partial charge in [-0.05, 0) is 37.1 Å². The minimum Gasteiger partial charge on any atom is -0.494 e. The van der Waals surface area contributed by atoms with Crippen LogP contribution in [-0.2, 0) is 4.79 Å². The number of carbonyl (C=O) groups is 1. The molecule has 0 aromatic heterocycles. The predicted octanol–water partition coefficient (Wildman–Crippen LogP) is 2.36. The van der Waals surface area contributed by atoms with Crippen LogP contribution in [0, 0.1) is 23.1 Å². The fraction of sp³-hybridized carbons (Fsp3) is 0.467. The Labute approximate surface area is 117 Å². The van der Waals surface area contributed by atoms with E-state index in [2.05, 4.69) is 0 Å². The Morgan fingerprint density at radius 2 is 2.00 bits per heavy atom. The Kier molecular flexibility index (Phi) is 4.94. The molecule has 1 heterocycles. The summed E-state index contributed by atoms with van der Waals surface area (Å²) in [4.78, 5) is 13.8. The Bertz CT molecular complexity index is 490. The first-order valence-electron chi connectivity index (χ1n) is 6.77. The van der Waals surface area contributed by atoms with Gasteiger partial charge in [0, 0.05) is 19.5 Å². The minimum absolute atomic E-state index is 0.104. The van der Waals surface area contributed by atoms with Crippen LogP contribution in [0.3, 0.4) is 0 Å². The second-order valence-corrected chi connectivity index (χ2v) is 4.81. The van der Waals surface area contributed by atoms with E-state index < -0.39 is 5.92 Å². The van der Waals surface area contributed by atoms with Crippen molar-refractivity contribution in [2.75, 3.05) is 19.7 Å². The van der Waals surface area contributed by atoms with Gasteiger partial charge in [-0.2, -0.15) is 5.26 Å². The standard InChI is InChI=1S/C15H17FN2O2/c16-13-3-5-14(6-4-13)20-10-7-12(11-17)15(19)18-8-1-2-9-18/h3-6,12H,1-2,7-10H2. The number of ether oxygens (including phenoxy) is 1. The quantitative estimate of drug-likeness (QED) is 0.829. The first-order chi connectivity index (χ1) is 9.70. The molecule has 4 nitrogen and oxygen atoms in total. The number of hydrogen-bond acceptors (Lipinski definition) is 3. The first kappa shape index (κ1) is 14.3. The summed E-state index contributed by atoms with van der Waals surface area (Å²) in [5.74, 6) is -0.547. The molecule has 0 radical (unpaired) electrons. The van der Waals surface area contributed by atoms with E-state index in [0.717, 1.165) is 25.9 Å². The molecule has 0 bridgehead atoms. The second-order valence-electron chi connectivity index (χ2n) is 4.81. The lowest BCUT2D eigenvalue weighted by Crippen LogP contribution is -2.33. The van der Waals surface area contributed by atoms with Crippen molar-refractivity contribution in [3.05, 3.63) is 30.1 Å². The summed E-state index contributed by atoms with van der Waals surface area (Å²) in [6.07, 6.45) is 2.37. The summed E-state index contributed by atoms with van der Waals surface area (Å²) >= 11 is 0. The van der Waals surface area contributed by atoms with Gasteiger partial charge < -0.3 is 9.64 Å². The lowest BCUT2D eigenvalue weighted by molar-refractivity contribution is -0.133. The molecule has 1 saturated heterocycles. The molecule has 0 aliphatic carbocycles. The van der Waals surface area contributed by atoms with Gasteiger partial charge in [-0.25, -0.2) is 4.39 Å². The van der Waals surface area contributed by atoms with Gasteiger partial charge in [0.25, 0.3) is 0 Å². The number of amides is 1. The van der Waals surface area contributed by atoms with E-state index >= 15 is 0 Å². The molecule has 1 aromatic carbocycles. The van der Waals surface area contributed by atoms with E-state index in [0.29, 0.717) is 12.2 Å². The molecular weight excluding hydrogens is 259 g/mol. The van der Waals surface area contributed by atoms with Gasteiger partial charge in [0.2, 0.25) is 5.91 Å². The zero-order valence-corrected chi connectivity index (χ0v) is 11.2. The van der Waals surface area contributed by atoms with Crippen molar-refractivity contribution < 1.29 is 13.9 Å². The van der Waals surface area contributed by atoms with E-state index in [-0.39, 0.29) is 18.3 Å². The van der Waals surface area contributed by atoms with Crippen LogP contribution in [0.15, 0.2) is 24.3 Å². The number of likely N-dealkylation sites (tertiary alicyclic amines) is 1. The summed E-state index contributed by atoms with van der Waals surface area (Å²) in [7, 11) is 0. The third-order valence-corrected chi connectivity index (χ3v) is 3.36. The normalized spacial score (nSPS) is 15.7. The highest BCUT2D eigenvalue weighted by Gasteiger charge is 2.26. The summed E-state index contributed by atoms with van der Waals surface area (Å²) in [6.45, 7) is 1.76. The number of rotatable bonds is 5. The maximum atomic E-state index is 12.7. The molecule has 1 amide bonds. The lowest BCUT2D eigenvalue weighted by Gasteiger charge is -2.18. The highest BCUT2D eigenvalue weighted by atomic mass is 19.1. The zero-order chi connectivity index (χ0) is 14.4. The summed E-state index contributed by atoms with van der Waals surface area (Å²) in [5.41, 5.74) is 0. The van der Waals surface area contributed by atoms with Crippen molar-refractivity contribution in [2.45, 2.75) is 19.3 Å². The third kappa shape index (κ3) is 3.70. The van der Waals surface area contributed by atoms with E-state index in [9.17, 15) is 9.18 Å². The average molecular weight is 276 g/mol. The Hall–Kier alpha value is -2.09. The van der Waals surface area contributed by atoms with E-state index in [1.807, 2.05) is 6.07 Å². The maximum Gasteiger partial charge on any atom is 0.240 e. The molecule has 1 aromatic rings. The van der Waals surface area contributed by atoms with Gasteiger partial charge in [-0.3, -0.25) is 4.79 Å². The predicted molar refractivity (Wildman–Crippen MR) is 71.4 cm³/mol. The number of halogens is 1. The largest absolute Gasteiger partial charge is 0.494 e. The molecule has 106 valence electrons. The molecule has 0 saturated carbocycles. The van der Waals surface area contributed by atoms with Gasteiger partial charge in [0.15, 0.2) is 0 Å². The van der Waals surface area contributed by atoms with Gasteiger partial charge in [0.1, 0.15) is 17.5 Å². The highest BCUT2D eigenvalue weighted by molar-refractivity contribution is 5.81. The average Bonchev–Trinajstić information content (AvgIpc) is 2.99. The fourth-order valence-electron chi connectivity index (χ4n) is 2.23. The smallest absolute Gasteiger partial charge is 0.240 e. The summed E-state index contributed by atoms with van der Waals surface area (Å²) < 4.78 is 18.1. The molecule has 1 aliphatic rings. The number of benzene rings is 1. The first-order valence-corrected chi connectivity index (χ1v) is 6.77. The Morgan fingerprint density at radius 3 is 2.60 bits per heavy atom. The minimum atomic E-state index is -0.659. The molecule has 2 rings (SSSR count). The van der Waals surface area contributed by atoms with Crippen LogP contribution < -0.4 is 4.74 Å². The van der Waals surface area contributed by atoms with Crippen LogP contribution >= 0.6 is 0 Å². The number of carbonyl (C=O) groups excluding carboxylic acids is 1. The van der Waals surface area contributed by atoms with Gasteiger partial charge in [0.05, 0.1) is 12.7 Å². The molecule has 1 aliphatic heterocycles. The van der Waals surface area contributed by atoms with Gasteiger partial charge >= 0.3 is 0 Å². The second kappa shape index (κ2) is 6.90. The SMILES string of the molecule is N#CC(CCOc1ccc(F)cc1)C(=O)N1CCCC1. The monoisotopic (exact) mass is 276 g/mol. The van der Waals surface area contributed by atoms with Crippen molar-refractivity contribution >= 4 is 5.91 Å². The summed E-state index contributed by atoms with van der Waals surface area (Å²) in [6, 6.07) is 7.72. The highest BCUT2D eigenvalue weighted by Crippen LogP contribution is 2.16. The fourth-order valence-corrected chi connectivity index (χ4v) is 2.23. The van der Waals surface area contributed by atoms with E-state index in [4.69, 9.17) is 10.00 Å². The third-order valence-electron chi connectivity index (χ3n) is 3.36. The molecular formula is C15H17FN2O2. The van der Waals surface area contributed by atoms with Crippen LogP contribution in [0.4, 0.5) is 4.39 Å². The van der Waals surface area contributed by atoms with Gasteiger partial charge in [-0.15, -0.1) is 0 Å². The topological polar surface area (TPSA) is 53.3 Å². The van der Waals surface area contributed by atoms with Crippen molar-refractivity contribution in [1.82, 2.24) is 4.90 Å². The molecule has 1 unspecified atom stereocenters. The zero-order valence-electron chi connectivity index (χ0n) is 11.2. The number of nitriles is 1. The molecule has 1 atom stereocenters. The van der Waals surface area contributed by atoms with Gasteiger partial charge in [-0.1, -0.05) is 0 Å². The van der Waals surface area contributed by atoms with Crippen LogP contribution in [0.25, 0.3) is 0 Å². The van der Waals surface area contributed by atoms with E-state index in [1.165, 1.54) is 24.3 Å². The lowest BCUT2D eigenvalue weighted by atomic mass is 10.1. The van der Waals surface area contributed by atoms with Crippen molar-refractivity contribution in [2.24, 2.45) is 5.92 Å². The number of nitrogens with zero attached hydrogens (tertiary/aromatic N) is 2.